The van der Waals surface area contributed by atoms with Gasteiger partial charge in [-0.25, -0.2) is 0 Å². The van der Waals surface area contributed by atoms with Crippen LogP contribution in [0.1, 0.15) is 25.0 Å². The van der Waals surface area contributed by atoms with E-state index in [1.165, 1.54) is 69.5 Å². The van der Waals surface area contributed by atoms with Gasteiger partial charge in [0.2, 0.25) is 0 Å². The summed E-state index contributed by atoms with van der Waals surface area (Å²) >= 11 is 1.86. The van der Waals surface area contributed by atoms with Crippen molar-refractivity contribution in [3.63, 3.8) is 0 Å². The molecule has 0 saturated heterocycles. The molecule has 9 aromatic carbocycles. The standard InChI is InChI=1S/C53H35NOS/c1-53(2)45-22-9-7-18-38(45)39-27-25-34(30-46(39)53)54(47-23-12-21-43-41-19-8-10-24-49(41)56-52(43)47)35-26-28-40-44-29-33-14-4-6-17-37(33)50(51(44)55-48(40)31-35)42-20-11-15-32-13-3-5-16-36(32)42/h3-31H,1-2H3. The lowest BCUT2D eigenvalue weighted by atomic mass is 9.82. The molecule has 11 aromatic rings. The Balaban J connectivity index is 1.12. The zero-order valence-electron chi connectivity index (χ0n) is 31.0. The van der Waals surface area contributed by atoms with Crippen LogP contribution in [0.15, 0.2) is 180 Å². The second-order valence-electron chi connectivity index (χ2n) is 15.6. The van der Waals surface area contributed by atoms with Gasteiger partial charge in [0.25, 0.3) is 0 Å². The van der Waals surface area contributed by atoms with Crippen molar-refractivity contribution in [2.24, 2.45) is 0 Å². The van der Waals surface area contributed by atoms with Gasteiger partial charge in [-0.3, -0.25) is 0 Å². The predicted octanol–water partition coefficient (Wildman–Crippen LogP) is 15.7. The van der Waals surface area contributed by atoms with Gasteiger partial charge in [-0.1, -0.05) is 141 Å². The number of hydrogen-bond acceptors (Lipinski definition) is 3. The van der Waals surface area contributed by atoms with Gasteiger partial charge in [-0.15, -0.1) is 11.3 Å². The Labute approximate surface area is 328 Å². The summed E-state index contributed by atoms with van der Waals surface area (Å²) in [7, 11) is 0. The largest absolute Gasteiger partial charge is 0.455 e. The summed E-state index contributed by atoms with van der Waals surface area (Å²) in [4.78, 5) is 2.45. The highest BCUT2D eigenvalue weighted by Crippen LogP contribution is 2.52. The average molecular weight is 734 g/mol. The van der Waals surface area contributed by atoms with Gasteiger partial charge in [-0.2, -0.15) is 0 Å². The molecule has 1 aliphatic carbocycles. The molecule has 2 aromatic heterocycles. The van der Waals surface area contributed by atoms with Crippen LogP contribution in [0, 0.1) is 0 Å². The van der Waals surface area contributed by atoms with Crippen LogP contribution in [0.3, 0.4) is 0 Å². The van der Waals surface area contributed by atoms with E-state index in [2.05, 4.69) is 195 Å². The van der Waals surface area contributed by atoms with E-state index in [0.29, 0.717) is 0 Å². The van der Waals surface area contributed by atoms with Crippen molar-refractivity contribution in [3.05, 3.63) is 187 Å². The Hall–Kier alpha value is -6.68. The molecular formula is C53H35NOS. The van der Waals surface area contributed by atoms with Crippen molar-refractivity contribution in [1.29, 1.82) is 0 Å². The Bertz CT molecular complexity index is 3410. The molecular weight excluding hydrogens is 699 g/mol. The molecule has 0 spiro atoms. The molecule has 0 bridgehead atoms. The molecule has 264 valence electrons. The van der Waals surface area contributed by atoms with Crippen LogP contribution in [0.4, 0.5) is 17.1 Å². The molecule has 3 heteroatoms. The second-order valence-corrected chi connectivity index (χ2v) is 16.7. The van der Waals surface area contributed by atoms with E-state index < -0.39 is 0 Å². The van der Waals surface area contributed by atoms with Crippen LogP contribution >= 0.6 is 11.3 Å². The topological polar surface area (TPSA) is 16.4 Å². The van der Waals surface area contributed by atoms with Gasteiger partial charge < -0.3 is 9.32 Å². The zero-order chi connectivity index (χ0) is 37.1. The summed E-state index contributed by atoms with van der Waals surface area (Å²) in [5.41, 5.74) is 12.7. The van der Waals surface area contributed by atoms with Crippen LogP contribution in [0.2, 0.25) is 0 Å². The van der Waals surface area contributed by atoms with Crippen molar-refractivity contribution >= 4 is 92.1 Å². The van der Waals surface area contributed by atoms with Gasteiger partial charge in [0.05, 0.1) is 10.4 Å². The number of hydrogen-bond donors (Lipinski definition) is 0. The van der Waals surface area contributed by atoms with E-state index in [0.717, 1.165) is 44.6 Å². The summed E-state index contributed by atoms with van der Waals surface area (Å²) < 4.78 is 9.68. The maximum atomic E-state index is 7.12. The minimum Gasteiger partial charge on any atom is -0.455 e. The lowest BCUT2D eigenvalue weighted by Gasteiger charge is -2.28. The monoisotopic (exact) mass is 733 g/mol. The molecule has 56 heavy (non-hydrogen) atoms. The van der Waals surface area contributed by atoms with Crippen LogP contribution in [-0.2, 0) is 5.41 Å². The summed E-state index contributed by atoms with van der Waals surface area (Å²) in [5.74, 6) is 0. The van der Waals surface area contributed by atoms with Gasteiger partial charge in [0, 0.05) is 54.7 Å². The third-order valence-corrected chi connectivity index (χ3v) is 13.4. The average Bonchev–Trinajstić information content (AvgIpc) is 3.87. The first-order valence-electron chi connectivity index (χ1n) is 19.3. The fourth-order valence-corrected chi connectivity index (χ4v) is 10.8. The lowest BCUT2D eigenvalue weighted by molar-refractivity contribution is 0.660. The van der Waals surface area contributed by atoms with Crippen molar-refractivity contribution in [3.8, 4) is 22.3 Å². The first-order chi connectivity index (χ1) is 27.5. The lowest BCUT2D eigenvalue weighted by Crippen LogP contribution is -2.16. The van der Waals surface area contributed by atoms with Gasteiger partial charge in [0.15, 0.2) is 0 Å². The van der Waals surface area contributed by atoms with Crippen molar-refractivity contribution in [1.82, 2.24) is 0 Å². The number of furan rings is 1. The second kappa shape index (κ2) is 11.7. The summed E-state index contributed by atoms with van der Waals surface area (Å²) in [6, 6.07) is 64.5. The van der Waals surface area contributed by atoms with E-state index >= 15 is 0 Å². The molecule has 0 fully saturated rings. The number of rotatable bonds is 4. The highest BCUT2D eigenvalue weighted by molar-refractivity contribution is 7.26. The van der Waals surface area contributed by atoms with E-state index in [1.54, 1.807) is 0 Å². The fraction of sp³-hybridized carbons (Fsp3) is 0.0566. The number of nitrogens with zero attached hydrogens (tertiary/aromatic N) is 1. The zero-order valence-corrected chi connectivity index (χ0v) is 31.8. The maximum Gasteiger partial charge on any atom is 0.143 e. The highest BCUT2D eigenvalue weighted by Gasteiger charge is 2.36. The van der Waals surface area contributed by atoms with Gasteiger partial charge in [-0.05, 0) is 91.8 Å². The maximum absolute atomic E-state index is 7.12. The van der Waals surface area contributed by atoms with Gasteiger partial charge >= 0.3 is 0 Å². The van der Waals surface area contributed by atoms with Crippen LogP contribution in [0.25, 0.3) is 85.9 Å². The molecule has 0 atom stereocenters. The number of thiophene rings is 1. The minimum absolute atomic E-state index is 0.125. The SMILES string of the molecule is CC1(C)c2ccccc2-c2ccc(N(c3ccc4c(c3)oc3c(-c5cccc6ccccc56)c5ccccc5cc34)c3cccc4c3sc3ccccc34)cc21. The van der Waals surface area contributed by atoms with Crippen LogP contribution in [0.5, 0.6) is 0 Å². The highest BCUT2D eigenvalue weighted by atomic mass is 32.1. The summed E-state index contributed by atoms with van der Waals surface area (Å²) in [6.45, 7) is 4.72. The summed E-state index contributed by atoms with van der Waals surface area (Å²) in [5, 5.41) is 9.64. The molecule has 0 N–H and O–H groups in total. The molecule has 0 amide bonds. The minimum atomic E-state index is -0.125. The van der Waals surface area contributed by atoms with E-state index in [4.69, 9.17) is 4.42 Å². The van der Waals surface area contributed by atoms with E-state index in [-0.39, 0.29) is 5.41 Å². The normalized spacial score (nSPS) is 13.3. The molecule has 0 radical (unpaired) electrons. The Morgan fingerprint density at radius 1 is 0.464 bits per heavy atom. The fourth-order valence-electron chi connectivity index (χ4n) is 9.58. The molecule has 2 nitrogen and oxygen atoms in total. The van der Waals surface area contributed by atoms with Crippen molar-refractivity contribution < 1.29 is 4.42 Å². The number of fused-ring (bicyclic) bond motifs is 11. The molecule has 12 rings (SSSR count). The predicted molar refractivity (Wildman–Crippen MR) is 239 cm³/mol. The van der Waals surface area contributed by atoms with Gasteiger partial charge in [0.1, 0.15) is 11.2 Å². The molecule has 0 saturated carbocycles. The first kappa shape index (κ1) is 31.6. The molecule has 0 unspecified atom stereocenters. The Morgan fingerprint density at radius 2 is 1.12 bits per heavy atom. The van der Waals surface area contributed by atoms with Crippen LogP contribution < -0.4 is 4.90 Å². The molecule has 1 aliphatic rings. The Kier molecular flexibility index (Phi) is 6.59. The smallest absolute Gasteiger partial charge is 0.143 e. The molecule has 2 heterocycles. The first-order valence-corrected chi connectivity index (χ1v) is 20.2. The third kappa shape index (κ3) is 4.43. The molecule has 0 aliphatic heterocycles. The number of anilines is 3. The van der Waals surface area contributed by atoms with Crippen molar-refractivity contribution in [2.75, 3.05) is 4.90 Å². The Morgan fingerprint density at radius 3 is 2.04 bits per heavy atom. The van der Waals surface area contributed by atoms with Crippen molar-refractivity contribution in [2.45, 2.75) is 19.3 Å². The quantitative estimate of drug-likeness (QED) is 0.179. The number of benzene rings is 9. The summed E-state index contributed by atoms with van der Waals surface area (Å²) in [6.07, 6.45) is 0. The van der Waals surface area contributed by atoms with Crippen LogP contribution in [-0.4, -0.2) is 0 Å². The third-order valence-electron chi connectivity index (χ3n) is 12.2. The van der Waals surface area contributed by atoms with E-state index in [1.807, 2.05) is 11.3 Å². The van der Waals surface area contributed by atoms with E-state index in [9.17, 15) is 0 Å².